The molecule has 0 saturated carbocycles. The van der Waals surface area contributed by atoms with Gasteiger partial charge in [0.25, 0.3) is 0 Å². The maximum Gasteiger partial charge on any atom is 0.411 e. The summed E-state index contributed by atoms with van der Waals surface area (Å²) in [6, 6.07) is 0. The van der Waals surface area contributed by atoms with Crippen molar-refractivity contribution in [3.8, 4) is 0 Å². The first-order valence-corrected chi connectivity index (χ1v) is 6.25. The third kappa shape index (κ3) is 2.17. The first kappa shape index (κ1) is 11.7. The molecule has 2 saturated heterocycles. The highest BCUT2D eigenvalue weighted by Gasteiger charge is 2.51. The molecule has 2 N–H and O–H groups in total. The zero-order valence-electron chi connectivity index (χ0n) is 10.6. The number of ether oxygens (including phenoxy) is 1. The number of rotatable bonds is 0. The first-order valence-electron chi connectivity index (χ1n) is 6.25. The molecule has 1 amide bonds. The number of hydrogen-bond acceptors (Lipinski definition) is 2. The molecule has 92 valence electrons. The molecule has 0 atom stereocenters. The van der Waals surface area contributed by atoms with E-state index in [-0.39, 0.29) is 17.2 Å². The van der Waals surface area contributed by atoms with Crippen LogP contribution < -0.4 is 5.32 Å². The SMILES string of the molecule is CC(C)(C)OC(=O)N1CCCCC12C[NH2+]C2. The molecule has 4 heteroatoms. The number of quaternary nitrogens is 1. The molecule has 4 nitrogen and oxygen atoms in total. The van der Waals surface area contributed by atoms with Crippen LogP contribution in [0.2, 0.25) is 0 Å². The fourth-order valence-corrected chi connectivity index (χ4v) is 2.60. The number of hydrogen-bond donors (Lipinski definition) is 1. The zero-order chi connectivity index (χ0) is 11.8. The molecule has 2 aliphatic heterocycles. The van der Waals surface area contributed by atoms with Gasteiger partial charge in [0.15, 0.2) is 0 Å². The lowest BCUT2D eigenvalue weighted by Crippen LogP contribution is -3.05. The van der Waals surface area contributed by atoms with E-state index in [0.717, 1.165) is 32.5 Å². The summed E-state index contributed by atoms with van der Waals surface area (Å²) < 4.78 is 5.48. The average molecular weight is 227 g/mol. The van der Waals surface area contributed by atoms with Gasteiger partial charge in [0.2, 0.25) is 0 Å². The van der Waals surface area contributed by atoms with E-state index >= 15 is 0 Å². The van der Waals surface area contributed by atoms with Crippen LogP contribution in [0.25, 0.3) is 0 Å². The average Bonchev–Trinajstić information content (AvgIpc) is 2.12. The number of carbonyl (C=O) groups is 1. The van der Waals surface area contributed by atoms with Gasteiger partial charge in [-0.05, 0) is 40.0 Å². The normalized spacial score (nSPS) is 24.1. The molecule has 0 radical (unpaired) electrons. The van der Waals surface area contributed by atoms with E-state index in [4.69, 9.17) is 4.74 Å². The Labute approximate surface area is 97.3 Å². The Morgan fingerprint density at radius 3 is 2.50 bits per heavy atom. The summed E-state index contributed by atoms with van der Waals surface area (Å²) in [6.07, 6.45) is 3.37. The van der Waals surface area contributed by atoms with Crippen LogP contribution in [0.15, 0.2) is 0 Å². The van der Waals surface area contributed by atoms with E-state index in [2.05, 4.69) is 5.32 Å². The fraction of sp³-hybridized carbons (Fsp3) is 0.917. The molecule has 0 bridgehead atoms. The minimum atomic E-state index is -0.386. The quantitative estimate of drug-likeness (QED) is 0.663. The number of amides is 1. The highest BCUT2D eigenvalue weighted by molar-refractivity contribution is 5.69. The standard InChI is InChI=1S/C12H22N2O2/c1-11(2,3)16-10(15)14-7-5-4-6-12(14)8-13-9-12/h13H,4-9H2,1-3H3/p+1. The Balaban J connectivity index is 2.03. The monoisotopic (exact) mass is 227 g/mol. The Morgan fingerprint density at radius 1 is 1.31 bits per heavy atom. The summed E-state index contributed by atoms with van der Waals surface area (Å²) in [6.45, 7) is 8.73. The molecule has 0 aromatic heterocycles. The highest BCUT2D eigenvalue weighted by atomic mass is 16.6. The molecule has 0 aromatic carbocycles. The van der Waals surface area contributed by atoms with Gasteiger partial charge < -0.3 is 10.1 Å². The van der Waals surface area contributed by atoms with Crippen molar-refractivity contribution in [2.24, 2.45) is 0 Å². The molecule has 0 unspecified atom stereocenters. The van der Waals surface area contributed by atoms with Gasteiger partial charge in [-0.15, -0.1) is 0 Å². The van der Waals surface area contributed by atoms with Crippen LogP contribution in [-0.2, 0) is 4.74 Å². The largest absolute Gasteiger partial charge is 0.444 e. The van der Waals surface area contributed by atoms with Crippen LogP contribution in [0, 0.1) is 0 Å². The summed E-state index contributed by atoms with van der Waals surface area (Å²) in [4.78, 5) is 14.1. The van der Waals surface area contributed by atoms with E-state index < -0.39 is 0 Å². The molecule has 2 aliphatic rings. The number of nitrogens with two attached hydrogens (primary N) is 1. The van der Waals surface area contributed by atoms with Crippen LogP contribution >= 0.6 is 0 Å². The molecule has 2 heterocycles. The van der Waals surface area contributed by atoms with Crippen molar-refractivity contribution >= 4 is 6.09 Å². The Kier molecular flexibility index (Phi) is 2.86. The second-order valence-corrected chi connectivity index (χ2v) is 6.01. The predicted molar refractivity (Wildman–Crippen MR) is 61.2 cm³/mol. The van der Waals surface area contributed by atoms with Gasteiger partial charge >= 0.3 is 6.09 Å². The van der Waals surface area contributed by atoms with E-state index in [1.165, 1.54) is 6.42 Å². The zero-order valence-corrected chi connectivity index (χ0v) is 10.6. The third-order valence-electron chi connectivity index (χ3n) is 3.51. The number of nitrogens with zero attached hydrogens (tertiary/aromatic N) is 1. The molecule has 0 aliphatic carbocycles. The summed E-state index contributed by atoms with van der Waals surface area (Å²) in [5.74, 6) is 0. The molecule has 16 heavy (non-hydrogen) atoms. The van der Waals surface area contributed by atoms with E-state index in [1.54, 1.807) is 0 Å². The Morgan fingerprint density at radius 2 is 2.00 bits per heavy atom. The Hall–Kier alpha value is -0.770. The van der Waals surface area contributed by atoms with E-state index in [0.29, 0.717) is 0 Å². The topological polar surface area (TPSA) is 46.1 Å². The molecule has 0 aromatic rings. The predicted octanol–water partition coefficient (Wildman–Crippen LogP) is 0.723. The number of piperidine rings is 1. The van der Waals surface area contributed by atoms with Gasteiger partial charge in [-0.25, -0.2) is 4.79 Å². The molecule has 2 rings (SSSR count). The van der Waals surface area contributed by atoms with Crippen LogP contribution in [0.1, 0.15) is 40.0 Å². The lowest BCUT2D eigenvalue weighted by Gasteiger charge is -2.49. The number of carbonyl (C=O) groups excluding carboxylic acids is 1. The van der Waals surface area contributed by atoms with Crippen molar-refractivity contribution in [1.82, 2.24) is 4.90 Å². The van der Waals surface area contributed by atoms with Crippen molar-refractivity contribution in [2.45, 2.75) is 51.2 Å². The molecule has 2 fully saturated rings. The van der Waals surface area contributed by atoms with Crippen LogP contribution in [0.4, 0.5) is 4.79 Å². The Bertz CT molecular complexity index is 279. The van der Waals surface area contributed by atoms with Gasteiger partial charge in [0, 0.05) is 6.54 Å². The maximum atomic E-state index is 12.1. The summed E-state index contributed by atoms with van der Waals surface area (Å²) in [5.41, 5.74) is -0.274. The van der Waals surface area contributed by atoms with Crippen LogP contribution in [0.3, 0.4) is 0 Å². The van der Waals surface area contributed by atoms with Crippen molar-refractivity contribution in [1.29, 1.82) is 0 Å². The van der Waals surface area contributed by atoms with Crippen LogP contribution in [0.5, 0.6) is 0 Å². The third-order valence-corrected chi connectivity index (χ3v) is 3.51. The van der Waals surface area contributed by atoms with Gasteiger partial charge in [-0.2, -0.15) is 0 Å². The molecular formula is C12H23N2O2+. The minimum Gasteiger partial charge on any atom is -0.444 e. The second kappa shape index (κ2) is 3.91. The lowest BCUT2D eigenvalue weighted by atomic mass is 9.82. The second-order valence-electron chi connectivity index (χ2n) is 6.01. The maximum absolute atomic E-state index is 12.1. The first-order chi connectivity index (χ1) is 7.43. The smallest absolute Gasteiger partial charge is 0.411 e. The molecule has 1 spiro atoms. The minimum absolute atomic E-state index is 0.112. The van der Waals surface area contributed by atoms with E-state index in [1.807, 2.05) is 25.7 Å². The lowest BCUT2D eigenvalue weighted by molar-refractivity contribution is -0.734. The van der Waals surface area contributed by atoms with Crippen molar-refractivity contribution in [3.05, 3.63) is 0 Å². The molecular weight excluding hydrogens is 204 g/mol. The van der Waals surface area contributed by atoms with Gasteiger partial charge in [-0.3, -0.25) is 4.90 Å². The number of likely N-dealkylation sites (tertiary alicyclic amines) is 1. The van der Waals surface area contributed by atoms with Gasteiger partial charge in [-0.1, -0.05) is 0 Å². The summed E-state index contributed by atoms with van der Waals surface area (Å²) in [7, 11) is 0. The highest BCUT2D eigenvalue weighted by Crippen LogP contribution is 2.30. The summed E-state index contributed by atoms with van der Waals surface area (Å²) >= 11 is 0. The van der Waals surface area contributed by atoms with E-state index in [9.17, 15) is 4.79 Å². The summed E-state index contributed by atoms with van der Waals surface area (Å²) in [5, 5.41) is 2.27. The van der Waals surface area contributed by atoms with Gasteiger partial charge in [0.05, 0.1) is 0 Å². The van der Waals surface area contributed by atoms with Crippen molar-refractivity contribution in [2.75, 3.05) is 19.6 Å². The van der Waals surface area contributed by atoms with Gasteiger partial charge in [0.1, 0.15) is 24.2 Å². The van der Waals surface area contributed by atoms with Crippen molar-refractivity contribution < 1.29 is 14.8 Å². The van der Waals surface area contributed by atoms with Crippen LogP contribution in [-0.4, -0.2) is 41.8 Å². The fourth-order valence-electron chi connectivity index (χ4n) is 2.60. The van der Waals surface area contributed by atoms with Crippen molar-refractivity contribution in [3.63, 3.8) is 0 Å².